The number of aromatic hydroxyl groups is 3. The number of aliphatic hydroxyl groups excluding tert-OH is 8. The summed E-state index contributed by atoms with van der Waals surface area (Å²) >= 11 is 0. The molecule has 280 valence electrons. The first-order valence-electron chi connectivity index (χ1n) is 15.8. The van der Waals surface area contributed by atoms with Gasteiger partial charge in [-0.1, -0.05) is 0 Å². The fraction of sp³-hybridized carbons (Fsp3) is 0.531. The van der Waals surface area contributed by atoms with Crippen LogP contribution in [0.1, 0.15) is 6.92 Å². The summed E-state index contributed by atoms with van der Waals surface area (Å²) in [5, 5.41) is 114. The molecule has 3 aliphatic heterocycles. The van der Waals surface area contributed by atoms with Gasteiger partial charge in [0.15, 0.2) is 24.4 Å². The fourth-order valence-electron chi connectivity index (χ4n) is 5.97. The van der Waals surface area contributed by atoms with E-state index >= 15 is 0 Å². The van der Waals surface area contributed by atoms with Crippen LogP contribution in [0.25, 0.3) is 22.3 Å². The highest BCUT2D eigenvalue weighted by Crippen LogP contribution is 2.38. The Hall–Kier alpha value is -3.67. The monoisotopic (exact) mass is 726 g/mol. The Morgan fingerprint density at radius 3 is 2.14 bits per heavy atom. The van der Waals surface area contributed by atoms with E-state index in [1.165, 1.54) is 31.2 Å². The Kier molecular flexibility index (Phi) is 10.7. The molecule has 4 heterocycles. The normalized spacial score (nSPS) is 37.4. The summed E-state index contributed by atoms with van der Waals surface area (Å²) in [6.07, 6.45) is -23.6. The van der Waals surface area contributed by atoms with Gasteiger partial charge in [-0.3, -0.25) is 4.79 Å². The first-order valence-corrected chi connectivity index (χ1v) is 15.8. The maximum atomic E-state index is 13.9. The van der Waals surface area contributed by atoms with Crippen molar-refractivity contribution < 1.29 is 89.0 Å². The Balaban J connectivity index is 1.30. The summed E-state index contributed by atoms with van der Waals surface area (Å²) in [6, 6.07) is 7.26. The first kappa shape index (κ1) is 37.1. The van der Waals surface area contributed by atoms with Gasteiger partial charge in [0.05, 0.1) is 19.3 Å². The summed E-state index contributed by atoms with van der Waals surface area (Å²) in [5.41, 5.74) is -1.04. The Morgan fingerprint density at radius 2 is 1.43 bits per heavy atom. The lowest BCUT2D eigenvalue weighted by atomic mass is 9.97. The van der Waals surface area contributed by atoms with Gasteiger partial charge in [-0.15, -0.1) is 0 Å². The van der Waals surface area contributed by atoms with Crippen molar-refractivity contribution in [2.45, 2.75) is 92.9 Å². The third-order valence-corrected chi connectivity index (χ3v) is 8.90. The molecular weight excluding hydrogens is 688 g/mol. The lowest BCUT2D eigenvalue weighted by Crippen LogP contribution is -2.64. The number of hydrogen-bond donors (Lipinski definition) is 11. The molecule has 51 heavy (non-hydrogen) atoms. The number of hydrogen-bond acceptors (Lipinski definition) is 19. The van der Waals surface area contributed by atoms with Gasteiger partial charge < -0.3 is 89.0 Å². The van der Waals surface area contributed by atoms with Crippen molar-refractivity contribution in [3.05, 3.63) is 46.6 Å². The molecule has 3 saturated heterocycles. The third kappa shape index (κ3) is 7.22. The lowest BCUT2D eigenvalue weighted by molar-refractivity contribution is -0.360. The summed E-state index contributed by atoms with van der Waals surface area (Å²) in [7, 11) is 0. The molecule has 19 heteroatoms. The Morgan fingerprint density at radius 1 is 0.745 bits per heavy atom. The van der Waals surface area contributed by atoms with Crippen LogP contribution in [-0.4, -0.2) is 155 Å². The maximum Gasteiger partial charge on any atom is 0.239 e. The second kappa shape index (κ2) is 14.8. The van der Waals surface area contributed by atoms with Crippen LogP contribution >= 0.6 is 0 Å². The van der Waals surface area contributed by atoms with Gasteiger partial charge in [0.2, 0.25) is 17.5 Å². The van der Waals surface area contributed by atoms with Crippen molar-refractivity contribution >= 4 is 11.0 Å². The van der Waals surface area contributed by atoms with Gasteiger partial charge in [0.25, 0.3) is 0 Å². The lowest BCUT2D eigenvalue weighted by Gasteiger charge is -2.46. The molecule has 6 rings (SSSR count). The van der Waals surface area contributed by atoms with Crippen LogP contribution < -0.4 is 10.2 Å². The molecule has 3 aliphatic rings. The van der Waals surface area contributed by atoms with E-state index < -0.39 is 127 Å². The summed E-state index contributed by atoms with van der Waals surface area (Å²) in [4.78, 5) is 13.9. The predicted molar refractivity (Wildman–Crippen MR) is 165 cm³/mol. The van der Waals surface area contributed by atoms with E-state index in [4.69, 9.17) is 32.8 Å². The smallest absolute Gasteiger partial charge is 0.239 e. The molecule has 3 aromatic rings. The van der Waals surface area contributed by atoms with Crippen LogP contribution in [-0.2, 0) is 23.7 Å². The number of phenolic OH excluding ortho intramolecular Hbond substituents is 3. The van der Waals surface area contributed by atoms with E-state index in [0.29, 0.717) is 0 Å². The van der Waals surface area contributed by atoms with Crippen LogP contribution in [0.5, 0.6) is 23.0 Å². The largest absolute Gasteiger partial charge is 0.508 e. The summed E-state index contributed by atoms with van der Waals surface area (Å²) < 4.78 is 39.7. The van der Waals surface area contributed by atoms with Crippen LogP contribution in [0.4, 0.5) is 0 Å². The van der Waals surface area contributed by atoms with Crippen LogP contribution in [0.2, 0.25) is 0 Å². The van der Waals surface area contributed by atoms with E-state index in [2.05, 4.69) is 0 Å². The predicted octanol–water partition coefficient (Wildman–Crippen LogP) is -2.93. The molecule has 0 amide bonds. The van der Waals surface area contributed by atoms with Crippen LogP contribution in [0.15, 0.2) is 45.6 Å². The standard InChI is InChI=1S/C32H38O19/c1-10-19(37)24(42)29(51-31-26(44)23(41)21(39)17(49-31)9-46-30-25(43)20(38)15(36)8-45-30)32(47-10)50-28-22(40)18-14(35)6-13(34)7-16(18)48-27(28)11-2-4-12(33)5-3-11/h2-7,10,15,17,19-21,23-26,29-39,41-44H,8-9H2,1H3. The first-order chi connectivity index (χ1) is 24.2. The van der Waals surface area contributed by atoms with Gasteiger partial charge in [-0.25, -0.2) is 0 Å². The number of ether oxygens (including phenoxy) is 6. The molecule has 0 bridgehead atoms. The molecule has 0 spiro atoms. The zero-order valence-electron chi connectivity index (χ0n) is 26.6. The van der Waals surface area contributed by atoms with Crippen molar-refractivity contribution in [3.63, 3.8) is 0 Å². The van der Waals surface area contributed by atoms with Gasteiger partial charge >= 0.3 is 0 Å². The average Bonchev–Trinajstić information content (AvgIpc) is 3.09. The molecule has 0 radical (unpaired) electrons. The molecule has 0 saturated carbocycles. The van der Waals surface area contributed by atoms with Crippen molar-refractivity contribution in [3.8, 4) is 34.3 Å². The highest BCUT2D eigenvalue weighted by atomic mass is 16.8. The van der Waals surface area contributed by atoms with Crippen molar-refractivity contribution in [1.29, 1.82) is 0 Å². The number of rotatable bonds is 8. The van der Waals surface area contributed by atoms with E-state index in [0.717, 1.165) is 12.1 Å². The molecule has 14 unspecified atom stereocenters. The quantitative estimate of drug-likeness (QED) is 0.111. The fourth-order valence-corrected chi connectivity index (χ4v) is 5.97. The second-order valence-corrected chi connectivity index (χ2v) is 12.5. The van der Waals surface area contributed by atoms with Gasteiger partial charge in [0.1, 0.15) is 83.2 Å². The van der Waals surface area contributed by atoms with Crippen LogP contribution in [0.3, 0.4) is 0 Å². The Labute approximate surface area is 287 Å². The average molecular weight is 727 g/mol. The number of phenols is 3. The van der Waals surface area contributed by atoms with Crippen molar-refractivity contribution in [2.75, 3.05) is 13.2 Å². The molecule has 14 atom stereocenters. The van der Waals surface area contributed by atoms with Gasteiger partial charge in [0, 0.05) is 17.7 Å². The minimum absolute atomic E-state index is 0.129. The van der Waals surface area contributed by atoms with Gasteiger partial charge in [-0.05, 0) is 31.2 Å². The molecule has 2 aromatic carbocycles. The number of fused-ring (bicyclic) bond motifs is 1. The minimum Gasteiger partial charge on any atom is -0.508 e. The minimum atomic E-state index is -1.99. The topological polar surface area (TPSA) is 308 Å². The maximum absolute atomic E-state index is 13.9. The Bertz CT molecular complexity index is 1730. The number of aliphatic hydroxyl groups is 8. The SMILES string of the molecule is CC1OC(Oc2c(-c3ccc(O)cc3)oc3cc(O)cc(O)c3c2=O)C(OC2OC(COC3OCC(O)C(O)C3O)C(O)C(O)C2O)C(O)C1O. The zero-order chi connectivity index (χ0) is 36.9. The van der Waals surface area contributed by atoms with Crippen molar-refractivity contribution in [2.24, 2.45) is 0 Å². The van der Waals surface area contributed by atoms with Crippen molar-refractivity contribution in [1.82, 2.24) is 0 Å². The van der Waals surface area contributed by atoms with Crippen LogP contribution in [0, 0.1) is 0 Å². The van der Waals surface area contributed by atoms with Gasteiger partial charge in [-0.2, -0.15) is 0 Å². The summed E-state index contributed by atoms with van der Waals surface area (Å²) in [6.45, 7) is 0.361. The second-order valence-electron chi connectivity index (χ2n) is 12.5. The molecule has 11 N–H and O–H groups in total. The van der Waals surface area contributed by atoms with E-state index in [9.17, 15) is 61.0 Å². The number of benzene rings is 2. The van der Waals surface area contributed by atoms with E-state index in [1.54, 1.807) is 0 Å². The molecular formula is C32H38O19. The molecule has 19 nitrogen and oxygen atoms in total. The molecule has 1 aromatic heterocycles. The highest BCUT2D eigenvalue weighted by Gasteiger charge is 2.51. The van der Waals surface area contributed by atoms with E-state index in [1.807, 2.05) is 0 Å². The third-order valence-electron chi connectivity index (χ3n) is 8.90. The molecule has 0 aliphatic carbocycles. The highest BCUT2D eigenvalue weighted by molar-refractivity contribution is 5.88. The summed E-state index contributed by atoms with van der Waals surface area (Å²) in [5.74, 6) is -2.10. The van der Waals surface area contributed by atoms with E-state index in [-0.39, 0.29) is 22.7 Å². The zero-order valence-corrected chi connectivity index (χ0v) is 26.6. The molecule has 3 fully saturated rings.